The van der Waals surface area contributed by atoms with E-state index in [2.05, 4.69) is 11.9 Å². The zero-order valence-corrected chi connectivity index (χ0v) is 15.6. The van der Waals surface area contributed by atoms with Gasteiger partial charge in [0.05, 0.1) is 25.3 Å². The van der Waals surface area contributed by atoms with Crippen LogP contribution in [0.3, 0.4) is 0 Å². The molecule has 0 amide bonds. The first-order valence-electron chi connectivity index (χ1n) is 8.96. The van der Waals surface area contributed by atoms with E-state index in [-0.39, 0.29) is 12.1 Å². The van der Waals surface area contributed by atoms with Crippen LogP contribution in [-0.4, -0.2) is 24.4 Å². The fourth-order valence-electron chi connectivity index (χ4n) is 3.15. The summed E-state index contributed by atoms with van der Waals surface area (Å²) >= 11 is 0. The number of methoxy groups -OCH3 is 1. The van der Waals surface area contributed by atoms with E-state index in [9.17, 15) is 4.79 Å². The van der Waals surface area contributed by atoms with Crippen LogP contribution in [0.25, 0.3) is 10.9 Å². The molecule has 3 aromatic rings. The van der Waals surface area contributed by atoms with E-state index in [1.54, 1.807) is 18.6 Å². The summed E-state index contributed by atoms with van der Waals surface area (Å²) in [5.74, 6) is 0.805. The predicted octanol–water partition coefficient (Wildman–Crippen LogP) is 5.38. The molecule has 1 N–H and O–H groups in total. The highest BCUT2D eigenvalue weighted by molar-refractivity contribution is 5.92. The minimum Gasteiger partial charge on any atom is -0.497 e. The quantitative estimate of drug-likeness (QED) is 0.572. The molecule has 2 aromatic carbocycles. The molecule has 1 heterocycles. The van der Waals surface area contributed by atoms with Crippen LogP contribution in [-0.2, 0) is 4.74 Å². The van der Waals surface area contributed by atoms with Gasteiger partial charge in [-0.25, -0.2) is 4.79 Å². The van der Waals surface area contributed by atoms with Crippen LogP contribution in [0.1, 0.15) is 24.9 Å². The number of hydrogen-bond acceptors (Lipinski definition) is 4. The maximum absolute atomic E-state index is 12.4. The van der Waals surface area contributed by atoms with Crippen molar-refractivity contribution < 1.29 is 14.3 Å². The Balaban J connectivity index is 2.00. The monoisotopic (exact) mass is 364 g/mol. The average molecular weight is 364 g/mol. The van der Waals surface area contributed by atoms with Gasteiger partial charge < -0.3 is 14.8 Å². The smallest absolute Gasteiger partial charge is 0.418 e. The lowest BCUT2D eigenvalue weighted by atomic mass is 10.0. The van der Waals surface area contributed by atoms with Crippen LogP contribution in [0.5, 0.6) is 5.75 Å². The first kappa shape index (κ1) is 18.6. The van der Waals surface area contributed by atoms with Gasteiger partial charge in [0.2, 0.25) is 0 Å². The molecule has 27 heavy (non-hydrogen) atoms. The number of nitrogens with one attached hydrogen (secondary N) is 1. The summed E-state index contributed by atoms with van der Waals surface area (Å²) in [6.07, 6.45) is 4.06. The van der Waals surface area contributed by atoms with Crippen LogP contribution in [0.4, 0.5) is 10.5 Å². The van der Waals surface area contributed by atoms with Crippen LogP contribution in [0.2, 0.25) is 0 Å². The van der Waals surface area contributed by atoms with Gasteiger partial charge in [0.1, 0.15) is 5.75 Å². The molecule has 0 aliphatic carbocycles. The Labute approximate surface area is 159 Å². The van der Waals surface area contributed by atoms with E-state index >= 15 is 0 Å². The SMILES string of the molecule is C=CCC(Nc1ccc(OC)cc1)c1cn(C(=O)OCC)c2ccccc12. The lowest BCUT2D eigenvalue weighted by Crippen LogP contribution is -2.13. The third kappa shape index (κ3) is 3.97. The van der Waals surface area contributed by atoms with Gasteiger partial charge in [-0.2, -0.15) is 0 Å². The highest BCUT2D eigenvalue weighted by atomic mass is 16.5. The van der Waals surface area contributed by atoms with E-state index < -0.39 is 0 Å². The number of benzene rings is 2. The molecule has 0 aliphatic heterocycles. The lowest BCUT2D eigenvalue weighted by molar-refractivity contribution is 0.155. The standard InChI is InChI=1S/C22H24N2O3/c1-4-8-20(23-16-11-13-17(26-3)14-12-16)19-15-24(22(25)27-5-2)21-10-7-6-9-18(19)21/h4,6-7,9-15,20,23H,1,5,8H2,2-3H3. The number of carbonyl (C=O) groups excluding carboxylic acids is 1. The van der Waals surface area contributed by atoms with Crippen molar-refractivity contribution in [2.45, 2.75) is 19.4 Å². The van der Waals surface area contributed by atoms with Crippen molar-refractivity contribution >= 4 is 22.7 Å². The number of ether oxygens (including phenoxy) is 2. The number of hydrogen-bond donors (Lipinski definition) is 1. The fraction of sp³-hybridized carbons (Fsp3) is 0.227. The molecule has 5 nitrogen and oxygen atoms in total. The van der Waals surface area contributed by atoms with Crippen molar-refractivity contribution in [2.75, 3.05) is 19.0 Å². The molecular formula is C22H24N2O3. The minimum atomic E-state index is -0.373. The highest BCUT2D eigenvalue weighted by Gasteiger charge is 2.20. The maximum atomic E-state index is 12.4. The van der Waals surface area contributed by atoms with Crippen molar-refractivity contribution in [1.29, 1.82) is 0 Å². The van der Waals surface area contributed by atoms with Crippen LogP contribution in [0.15, 0.2) is 67.4 Å². The largest absolute Gasteiger partial charge is 0.497 e. The number of fused-ring (bicyclic) bond motifs is 1. The van der Waals surface area contributed by atoms with Gasteiger partial charge in [0.15, 0.2) is 0 Å². The van der Waals surface area contributed by atoms with E-state index in [0.717, 1.165) is 27.9 Å². The second kappa shape index (κ2) is 8.45. The molecular weight excluding hydrogens is 340 g/mol. The maximum Gasteiger partial charge on any atom is 0.418 e. The second-order valence-electron chi connectivity index (χ2n) is 6.12. The van der Waals surface area contributed by atoms with E-state index in [0.29, 0.717) is 13.0 Å². The van der Waals surface area contributed by atoms with Gasteiger partial charge in [-0.15, -0.1) is 6.58 Å². The first-order valence-corrected chi connectivity index (χ1v) is 8.96. The Morgan fingerprint density at radius 1 is 1.22 bits per heavy atom. The Kier molecular flexibility index (Phi) is 5.81. The minimum absolute atomic E-state index is 0.0310. The molecule has 0 saturated heterocycles. The molecule has 3 rings (SSSR count). The molecule has 140 valence electrons. The number of nitrogens with zero attached hydrogens (tertiary/aromatic N) is 1. The normalized spacial score (nSPS) is 11.8. The molecule has 0 aliphatic rings. The third-order valence-electron chi connectivity index (χ3n) is 4.42. The number of para-hydroxylation sites is 1. The third-order valence-corrected chi connectivity index (χ3v) is 4.42. The molecule has 0 saturated carbocycles. The van der Waals surface area contributed by atoms with Crippen molar-refractivity contribution in [3.8, 4) is 5.75 Å². The average Bonchev–Trinajstić information content (AvgIpc) is 3.08. The fourth-order valence-corrected chi connectivity index (χ4v) is 3.15. The number of carbonyl (C=O) groups is 1. The first-order chi connectivity index (χ1) is 13.2. The molecule has 5 heteroatoms. The molecule has 0 radical (unpaired) electrons. The molecule has 1 aromatic heterocycles. The van der Waals surface area contributed by atoms with Crippen LogP contribution in [0, 0.1) is 0 Å². The van der Waals surface area contributed by atoms with Crippen molar-refractivity contribution in [3.05, 3.63) is 72.9 Å². The number of aromatic nitrogens is 1. The predicted molar refractivity (Wildman–Crippen MR) is 109 cm³/mol. The Morgan fingerprint density at radius 3 is 2.63 bits per heavy atom. The van der Waals surface area contributed by atoms with Crippen LogP contribution >= 0.6 is 0 Å². The molecule has 0 bridgehead atoms. The summed E-state index contributed by atoms with van der Waals surface area (Å²) in [5, 5.41) is 4.54. The van der Waals surface area contributed by atoms with Gasteiger partial charge in [-0.3, -0.25) is 4.57 Å². The summed E-state index contributed by atoms with van der Waals surface area (Å²) in [6, 6.07) is 15.6. The molecule has 0 fully saturated rings. The number of anilines is 1. The second-order valence-corrected chi connectivity index (χ2v) is 6.12. The highest BCUT2D eigenvalue weighted by Crippen LogP contribution is 2.32. The molecule has 0 spiro atoms. The Bertz CT molecular complexity index is 928. The zero-order valence-electron chi connectivity index (χ0n) is 15.6. The van der Waals surface area contributed by atoms with Crippen molar-refractivity contribution in [2.24, 2.45) is 0 Å². The van der Waals surface area contributed by atoms with Gasteiger partial charge >= 0.3 is 6.09 Å². The van der Waals surface area contributed by atoms with Crippen LogP contribution < -0.4 is 10.1 Å². The van der Waals surface area contributed by atoms with Gasteiger partial charge in [-0.1, -0.05) is 24.3 Å². The summed E-state index contributed by atoms with van der Waals surface area (Å²) in [6.45, 7) is 6.02. The number of rotatable bonds is 7. The van der Waals surface area contributed by atoms with Gasteiger partial charge in [-0.05, 0) is 43.7 Å². The molecule has 1 atom stereocenters. The summed E-state index contributed by atoms with van der Waals surface area (Å²) < 4.78 is 12.0. The van der Waals surface area contributed by atoms with Gasteiger partial charge in [0, 0.05) is 22.8 Å². The van der Waals surface area contributed by atoms with Gasteiger partial charge in [0.25, 0.3) is 0 Å². The van der Waals surface area contributed by atoms with Crippen molar-refractivity contribution in [1.82, 2.24) is 4.57 Å². The van der Waals surface area contributed by atoms with E-state index in [1.165, 1.54) is 0 Å². The summed E-state index contributed by atoms with van der Waals surface area (Å²) in [5.41, 5.74) is 2.82. The Hall–Kier alpha value is -3.21. The lowest BCUT2D eigenvalue weighted by Gasteiger charge is -2.18. The Morgan fingerprint density at radius 2 is 1.96 bits per heavy atom. The van der Waals surface area contributed by atoms with E-state index in [4.69, 9.17) is 9.47 Å². The van der Waals surface area contributed by atoms with Crippen molar-refractivity contribution in [3.63, 3.8) is 0 Å². The summed E-state index contributed by atoms with van der Waals surface area (Å²) in [4.78, 5) is 12.4. The molecule has 1 unspecified atom stereocenters. The summed E-state index contributed by atoms with van der Waals surface area (Å²) in [7, 11) is 1.65. The topological polar surface area (TPSA) is 52.5 Å². The zero-order chi connectivity index (χ0) is 19.2. The van der Waals surface area contributed by atoms with E-state index in [1.807, 2.05) is 60.8 Å².